The van der Waals surface area contributed by atoms with Gasteiger partial charge in [-0.1, -0.05) is 41.9 Å². The standard InChI is InChI=1S/C21H17ClN4O3S/c22-17-8-6-15(7-9-17)18-10-11-20(27)26(25-18)14-13-24-30(28,29)19-5-1-3-16-4-2-12-23-21(16)19/h1-12,24H,13-14H2. The van der Waals surface area contributed by atoms with Crippen LogP contribution in [0.3, 0.4) is 0 Å². The smallest absolute Gasteiger partial charge is 0.266 e. The summed E-state index contributed by atoms with van der Waals surface area (Å²) in [6.07, 6.45) is 1.55. The summed E-state index contributed by atoms with van der Waals surface area (Å²) in [7, 11) is -3.81. The minimum atomic E-state index is -3.81. The maximum absolute atomic E-state index is 12.8. The van der Waals surface area contributed by atoms with E-state index in [1.165, 1.54) is 16.8 Å². The zero-order valence-corrected chi connectivity index (χ0v) is 17.3. The molecule has 0 aliphatic heterocycles. The zero-order valence-electron chi connectivity index (χ0n) is 15.7. The number of para-hydroxylation sites is 1. The van der Waals surface area contributed by atoms with Gasteiger partial charge in [-0.25, -0.2) is 17.8 Å². The van der Waals surface area contributed by atoms with Crippen LogP contribution in [-0.2, 0) is 16.6 Å². The number of pyridine rings is 1. The Morgan fingerprint density at radius 1 is 0.967 bits per heavy atom. The molecule has 7 nitrogen and oxygen atoms in total. The third kappa shape index (κ3) is 4.25. The normalized spacial score (nSPS) is 11.6. The van der Waals surface area contributed by atoms with E-state index in [4.69, 9.17) is 11.6 Å². The third-order valence-corrected chi connectivity index (χ3v) is 6.25. The molecule has 0 spiro atoms. The van der Waals surface area contributed by atoms with Gasteiger partial charge in [-0.3, -0.25) is 9.78 Å². The van der Waals surface area contributed by atoms with Crippen molar-refractivity contribution >= 4 is 32.5 Å². The minimum absolute atomic E-state index is 0.00251. The van der Waals surface area contributed by atoms with E-state index in [0.29, 0.717) is 16.2 Å². The van der Waals surface area contributed by atoms with Gasteiger partial charge >= 0.3 is 0 Å². The van der Waals surface area contributed by atoms with E-state index in [1.54, 1.807) is 60.8 Å². The molecule has 0 fully saturated rings. The first-order valence-electron chi connectivity index (χ1n) is 9.11. The Bertz CT molecular complexity index is 1360. The van der Waals surface area contributed by atoms with Crippen molar-refractivity contribution in [2.24, 2.45) is 0 Å². The number of aromatic nitrogens is 3. The molecule has 152 valence electrons. The van der Waals surface area contributed by atoms with E-state index in [-0.39, 0.29) is 23.5 Å². The number of halogens is 1. The van der Waals surface area contributed by atoms with Crippen LogP contribution < -0.4 is 10.3 Å². The average molecular weight is 441 g/mol. The third-order valence-electron chi connectivity index (χ3n) is 4.51. The molecular formula is C21H17ClN4O3S. The summed E-state index contributed by atoms with van der Waals surface area (Å²) >= 11 is 5.91. The van der Waals surface area contributed by atoms with E-state index >= 15 is 0 Å². The van der Waals surface area contributed by atoms with Crippen LogP contribution in [-0.4, -0.2) is 29.7 Å². The molecule has 2 heterocycles. The van der Waals surface area contributed by atoms with Gasteiger partial charge in [0.25, 0.3) is 5.56 Å². The molecule has 0 radical (unpaired) electrons. The van der Waals surface area contributed by atoms with Gasteiger partial charge in [0.1, 0.15) is 4.90 Å². The summed E-state index contributed by atoms with van der Waals surface area (Å²) in [6.45, 7) is 0.0836. The summed E-state index contributed by atoms with van der Waals surface area (Å²) < 4.78 is 29.3. The van der Waals surface area contributed by atoms with Crippen LogP contribution in [0.5, 0.6) is 0 Å². The summed E-state index contributed by atoms with van der Waals surface area (Å²) in [5, 5.41) is 5.66. The van der Waals surface area contributed by atoms with Crippen LogP contribution in [0.2, 0.25) is 5.02 Å². The number of fused-ring (bicyclic) bond motifs is 1. The van der Waals surface area contributed by atoms with E-state index in [2.05, 4.69) is 14.8 Å². The molecule has 2 aromatic heterocycles. The van der Waals surface area contributed by atoms with Crippen molar-refractivity contribution in [1.82, 2.24) is 19.5 Å². The highest BCUT2D eigenvalue weighted by atomic mass is 35.5. The van der Waals surface area contributed by atoms with Crippen molar-refractivity contribution in [2.75, 3.05) is 6.54 Å². The molecule has 9 heteroatoms. The highest BCUT2D eigenvalue weighted by Crippen LogP contribution is 2.20. The van der Waals surface area contributed by atoms with Crippen LogP contribution in [0.15, 0.2) is 82.6 Å². The van der Waals surface area contributed by atoms with Gasteiger partial charge in [-0.2, -0.15) is 5.10 Å². The van der Waals surface area contributed by atoms with Gasteiger partial charge < -0.3 is 0 Å². The number of rotatable bonds is 6. The lowest BCUT2D eigenvalue weighted by Gasteiger charge is -2.10. The van der Waals surface area contributed by atoms with Crippen molar-refractivity contribution in [2.45, 2.75) is 11.4 Å². The summed E-state index contributed by atoms with van der Waals surface area (Å²) in [5.41, 5.74) is 1.47. The van der Waals surface area contributed by atoms with Crippen LogP contribution in [0.1, 0.15) is 0 Å². The SMILES string of the molecule is O=c1ccc(-c2ccc(Cl)cc2)nn1CCNS(=O)(=O)c1cccc2cccnc12. The second-order valence-electron chi connectivity index (χ2n) is 6.52. The highest BCUT2D eigenvalue weighted by molar-refractivity contribution is 7.89. The van der Waals surface area contributed by atoms with Crippen molar-refractivity contribution in [3.8, 4) is 11.3 Å². The van der Waals surface area contributed by atoms with Gasteiger partial charge in [-0.15, -0.1) is 0 Å². The molecule has 0 aliphatic rings. The molecule has 30 heavy (non-hydrogen) atoms. The second-order valence-corrected chi connectivity index (χ2v) is 8.69. The van der Waals surface area contributed by atoms with Crippen molar-refractivity contribution in [1.29, 1.82) is 0 Å². The molecular weight excluding hydrogens is 424 g/mol. The predicted octanol–water partition coefficient (Wildman–Crippen LogP) is 3.09. The van der Waals surface area contributed by atoms with Gasteiger partial charge in [0.2, 0.25) is 10.0 Å². The molecule has 0 saturated carbocycles. The van der Waals surface area contributed by atoms with Gasteiger partial charge in [-0.05, 0) is 30.3 Å². The zero-order chi connectivity index (χ0) is 21.1. The molecule has 4 aromatic rings. The number of nitrogens with one attached hydrogen (secondary N) is 1. The molecule has 0 unspecified atom stereocenters. The number of nitrogens with zero attached hydrogens (tertiary/aromatic N) is 3. The van der Waals surface area contributed by atoms with Gasteiger partial charge in [0.15, 0.2) is 0 Å². The van der Waals surface area contributed by atoms with Crippen molar-refractivity contribution < 1.29 is 8.42 Å². The fraction of sp³-hybridized carbons (Fsp3) is 0.0952. The second kappa shape index (κ2) is 8.35. The predicted molar refractivity (Wildman–Crippen MR) is 116 cm³/mol. The van der Waals surface area contributed by atoms with Crippen LogP contribution in [0.25, 0.3) is 22.2 Å². The first-order chi connectivity index (χ1) is 14.4. The fourth-order valence-electron chi connectivity index (χ4n) is 3.04. The maximum Gasteiger partial charge on any atom is 0.266 e. The molecule has 0 saturated heterocycles. The molecule has 4 rings (SSSR count). The molecule has 0 bridgehead atoms. The lowest BCUT2D eigenvalue weighted by Crippen LogP contribution is -2.32. The van der Waals surface area contributed by atoms with E-state index in [9.17, 15) is 13.2 Å². The quantitative estimate of drug-likeness (QED) is 0.497. The topological polar surface area (TPSA) is 94.0 Å². The first kappa shape index (κ1) is 20.2. The lowest BCUT2D eigenvalue weighted by molar-refractivity contribution is 0.549. The van der Waals surface area contributed by atoms with Crippen molar-refractivity contribution in [3.63, 3.8) is 0 Å². The Kier molecular flexibility index (Phi) is 5.63. The Labute approximate surface area is 178 Å². The number of hydrogen-bond acceptors (Lipinski definition) is 5. The van der Waals surface area contributed by atoms with Crippen molar-refractivity contribution in [3.05, 3.63) is 88.3 Å². The van der Waals surface area contributed by atoms with Gasteiger partial charge in [0.05, 0.1) is 17.8 Å². The Morgan fingerprint density at radius 3 is 2.53 bits per heavy atom. The molecule has 0 aliphatic carbocycles. The van der Waals surface area contributed by atoms with Crippen LogP contribution >= 0.6 is 11.6 Å². The minimum Gasteiger partial charge on any atom is -0.268 e. The number of hydrogen-bond donors (Lipinski definition) is 1. The average Bonchev–Trinajstić information content (AvgIpc) is 2.75. The monoisotopic (exact) mass is 440 g/mol. The summed E-state index contributed by atoms with van der Waals surface area (Å²) in [4.78, 5) is 16.4. The first-order valence-corrected chi connectivity index (χ1v) is 11.0. The Balaban J connectivity index is 1.53. The lowest BCUT2D eigenvalue weighted by atomic mass is 10.1. The Morgan fingerprint density at radius 2 is 1.73 bits per heavy atom. The highest BCUT2D eigenvalue weighted by Gasteiger charge is 2.17. The van der Waals surface area contributed by atoms with E-state index in [0.717, 1.165) is 10.9 Å². The summed E-state index contributed by atoms with van der Waals surface area (Å²) in [6, 6.07) is 18.6. The molecule has 0 amide bonds. The van der Waals surface area contributed by atoms with Crippen LogP contribution in [0.4, 0.5) is 0 Å². The largest absolute Gasteiger partial charge is 0.268 e. The van der Waals surface area contributed by atoms with Crippen LogP contribution in [0, 0.1) is 0 Å². The molecule has 0 atom stereocenters. The maximum atomic E-state index is 12.8. The number of sulfonamides is 1. The van der Waals surface area contributed by atoms with E-state index in [1.807, 2.05) is 0 Å². The number of benzene rings is 2. The summed E-state index contributed by atoms with van der Waals surface area (Å²) in [5.74, 6) is 0. The van der Waals surface area contributed by atoms with Gasteiger partial charge in [0, 0.05) is 34.8 Å². The Hall–Kier alpha value is -3.07. The van der Waals surface area contributed by atoms with E-state index < -0.39 is 10.0 Å². The molecule has 2 aromatic carbocycles. The fourth-order valence-corrected chi connectivity index (χ4v) is 4.36. The molecule has 1 N–H and O–H groups in total.